The van der Waals surface area contributed by atoms with Gasteiger partial charge in [0.05, 0.1) is 6.26 Å². The summed E-state index contributed by atoms with van der Waals surface area (Å²) in [6.07, 6.45) is 7.41. The Hall–Kier alpha value is -0.130. The number of hydrogen-bond donors (Lipinski definition) is 0. The first-order chi connectivity index (χ1) is 7.39. The first-order valence-corrected chi connectivity index (χ1v) is 7.84. The summed E-state index contributed by atoms with van der Waals surface area (Å²) in [6, 6.07) is 0. The maximum atomic E-state index is 11.0. The summed E-state index contributed by atoms with van der Waals surface area (Å²) in [6.45, 7) is 3.83. The maximum absolute atomic E-state index is 11.0. The van der Waals surface area contributed by atoms with E-state index in [1.54, 1.807) is 0 Å². The molecule has 1 saturated carbocycles. The van der Waals surface area contributed by atoms with Crippen molar-refractivity contribution >= 4 is 10.1 Å². The molecule has 0 unspecified atom stereocenters. The van der Waals surface area contributed by atoms with E-state index in [1.165, 1.54) is 32.1 Å². The van der Waals surface area contributed by atoms with Crippen LogP contribution in [-0.2, 0) is 14.3 Å². The van der Waals surface area contributed by atoms with Gasteiger partial charge in [-0.25, -0.2) is 0 Å². The van der Waals surface area contributed by atoms with Crippen LogP contribution in [0, 0.1) is 0 Å². The van der Waals surface area contributed by atoms with Crippen LogP contribution < -0.4 is 0 Å². The van der Waals surface area contributed by atoms with Gasteiger partial charge in [-0.05, 0) is 19.8 Å². The van der Waals surface area contributed by atoms with E-state index in [9.17, 15) is 8.42 Å². The molecule has 1 heterocycles. The lowest BCUT2D eigenvalue weighted by atomic mass is 9.80. The Balaban J connectivity index is 1.83. The second-order valence-corrected chi connectivity index (χ2v) is 6.99. The lowest BCUT2D eigenvalue weighted by Crippen LogP contribution is -2.62. The van der Waals surface area contributed by atoms with Crippen LogP contribution in [0.1, 0.15) is 39.0 Å². The van der Waals surface area contributed by atoms with Crippen LogP contribution in [0.4, 0.5) is 0 Å². The van der Waals surface area contributed by atoms with Crippen LogP contribution in [0.25, 0.3) is 0 Å². The van der Waals surface area contributed by atoms with E-state index in [1.807, 2.05) is 0 Å². The molecule has 0 atom stereocenters. The molecule has 4 nitrogen and oxygen atoms in total. The summed E-state index contributed by atoms with van der Waals surface area (Å²) in [5.74, 6) is 0. The molecule has 0 spiro atoms. The van der Waals surface area contributed by atoms with Crippen LogP contribution >= 0.6 is 0 Å². The second-order valence-electron chi connectivity index (χ2n) is 5.38. The van der Waals surface area contributed by atoms with Crippen LogP contribution in [-0.4, -0.2) is 44.3 Å². The molecule has 1 aliphatic heterocycles. The van der Waals surface area contributed by atoms with E-state index in [0.717, 1.165) is 19.3 Å². The summed E-state index contributed by atoms with van der Waals surface area (Å²) in [7, 11) is -3.28. The fraction of sp³-hybridized carbons (Fsp3) is 1.00. The van der Waals surface area contributed by atoms with Crippen LogP contribution in [0.3, 0.4) is 0 Å². The molecular formula is C11H21NO3S. The van der Waals surface area contributed by atoms with E-state index < -0.39 is 10.1 Å². The molecule has 2 aliphatic rings. The molecule has 0 bridgehead atoms. The van der Waals surface area contributed by atoms with E-state index in [4.69, 9.17) is 4.18 Å². The lowest BCUT2D eigenvalue weighted by Gasteiger charge is -2.51. The quantitative estimate of drug-likeness (QED) is 0.707. The molecule has 0 aromatic carbocycles. The molecule has 0 amide bonds. The Bertz CT molecular complexity index is 340. The third-order valence-electron chi connectivity index (χ3n) is 3.85. The Labute approximate surface area is 98.1 Å². The molecule has 0 N–H and O–H groups in total. The van der Waals surface area contributed by atoms with E-state index in [-0.39, 0.29) is 11.6 Å². The highest BCUT2D eigenvalue weighted by Gasteiger charge is 2.42. The predicted octanol–water partition coefficient (Wildman–Crippen LogP) is 1.37. The molecule has 0 aromatic heterocycles. The molecular weight excluding hydrogens is 226 g/mol. The van der Waals surface area contributed by atoms with E-state index in [2.05, 4.69) is 11.8 Å². The summed E-state index contributed by atoms with van der Waals surface area (Å²) in [5.41, 5.74) is 0.287. The zero-order chi connectivity index (χ0) is 11.8. The summed E-state index contributed by atoms with van der Waals surface area (Å²) < 4.78 is 26.9. The SMILES string of the molecule is CC1(N2CC(OS(C)(=O)=O)C2)CCCCC1. The van der Waals surface area contributed by atoms with Crippen LogP contribution in [0.15, 0.2) is 0 Å². The average Bonchev–Trinajstić information content (AvgIpc) is 2.10. The van der Waals surface area contributed by atoms with Crippen molar-refractivity contribution in [1.82, 2.24) is 4.90 Å². The van der Waals surface area contributed by atoms with Gasteiger partial charge < -0.3 is 0 Å². The summed E-state index contributed by atoms with van der Waals surface area (Å²) in [4.78, 5) is 2.38. The third kappa shape index (κ3) is 2.76. The van der Waals surface area contributed by atoms with Crippen molar-refractivity contribution in [2.75, 3.05) is 19.3 Å². The van der Waals surface area contributed by atoms with Crippen molar-refractivity contribution in [3.05, 3.63) is 0 Å². The van der Waals surface area contributed by atoms with Gasteiger partial charge in [0.2, 0.25) is 0 Å². The molecule has 1 aliphatic carbocycles. The highest BCUT2D eigenvalue weighted by Crippen LogP contribution is 2.36. The molecule has 0 aromatic rings. The normalized spacial score (nSPS) is 27.6. The van der Waals surface area contributed by atoms with Gasteiger partial charge in [0.25, 0.3) is 10.1 Å². The molecule has 5 heteroatoms. The minimum Gasteiger partial charge on any atom is -0.293 e. The highest BCUT2D eigenvalue weighted by molar-refractivity contribution is 7.86. The summed E-state index contributed by atoms with van der Waals surface area (Å²) in [5, 5.41) is 0. The zero-order valence-corrected chi connectivity index (χ0v) is 10.9. The predicted molar refractivity (Wildman–Crippen MR) is 62.8 cm³/mol. The Morgan fingerprint density at radius 2 is 1.75 bits per heavy atom. The van der Waals surface area contributed by atoms with Crippen LogP contribution in [0.5, 0.6) is 0 Å². The number of hydrogen-bond acceptors (Lipinski definition) is 4. The van der Waals surface area contributed by atoms with Gasteiger partial charge in [0.15, 0.2) is 0 Å². The fourth-order valence-corrected chi connectivity index (χ4v) is 3.43. The van der Waals surface area contributed by atoms with Crippen molar-refractivity contribution in [3.8, 4) is 0 Å². The zero-order valence-electron chi connectivity index (χ0n) is 10.1. The Morgan fingerprint density at radius 1 is 1.19 bits per heavy atom. The van der Waals surface area contributed by atoms with Crippen molar-refractivity contribution in [2.24, 2.45) is 0 Å². The Kier molecular flexibility index (Phi) is 3.29. The van der Waals surface area contributed by atoms with Crippen molar-refractivity contribution < 1.29 is 12.6 Å². The van der Waals surface area contributed by atoms with Crippen molar-refractivity contribution in [2.45, 2.75) is 50.7 Å². The highest BCUT2D eigenvalue weighted by atomic mass is 32.2. The average molecular weight is 247 g/mol. The standard InChI is InChI=1S/C11H21NO3S/c1-11(6-4-3-5-7-11)12-8-10(9-12)15-16(2,13)14/h10H,3-9H2,1-2H3. The molecule has 16 heavy (non-hydrogen) atoms. The van der Waals surface area contributed by atoms with Gasteiger partial charge in [-0.1, -0.05) is 19.3 Å². The second kappa shape index (κ2) is 4.27. The molecule has 94 valence electrons. The molecule has 2 rings (SSSR count). The minimum absolute atomic E-state index is 0.117. The van der Waals surface area contributed by atoms with Crippen molar-refractivity contribution in [3.63, 3.8) is 0 Å². The number of rotatable bonds is 3. The first-order valence-electron chi connectivity index (χ1n) is 6.02. The number of likely N-dealkylation sites (tertiary alicyclic amines) is 1. The van der Waals surface area contributed by atoms with E-state index >= 15 is 0 Å². The summed E-state index contributed by atoms with van der Waals surface area (Å²) >= 11 is 0. The topological polar surface area (TPSA) is 46.6 Å². The fourth-order valence-electron chi connectivity index (χ4n) is 2.82. The van der Waals surface area contributed by atoms with Gasteiger partial charge in [-0.15, -0.1) is 0 Å². The Morgan fingerprint density at radius 3 is 2.25 bits per heavy atom. The molecule has 0 radical (unpaired) electrons. The number of nitrogens with zero attached hydrogens (tertiary/aromatic N) is 1. The van der Waals surface area contributed by atoms with Gasteiger partial charge in [0, 0.05) is 18.6 Å². The molecule has 2 fully saturated rings. The van der Waals surface area contributed by atoms with Gasteiger partial charge in [0.1, 0.15) is 6.10 Å². The van der Waals surface area contributed by atoms with Crippen LogP contribution in [0.2, 0.25) is 0 Å². The van der Waals surface area contributed by atoms with E-state index in [0.29, 0.717) is 0 Å². The lowest BCUT2D eigenvalue weighted by molar-refractivity contribution is -0.0600. The largest absolute Gasteiger partial charge is 0.293 e. The monoisotopic (exact) mass is 247 g/mol. The van der Waals surface area contributed by atoms with Gasteiger partial charge in [-0.3, -0.25) is 9.08 Å². The van der Waals surface area contributed by atoms with Gasteiger partial charge in [-0.2, -0.15) is 8.42 Å². The van der Waals surface area contributed by atoms with Gasteiger partial charge >= 0.3 is 0 Å². The minimum atomic E-state index is -3.28. The maximum Gasteiger partial charge on any atom is 0.264 e. The smallest absolute Gasteiger partial charge is 0.264 e. The van der Waals surface area contributed by atoms with Crippen molar-refractivity contribution in [1.29, 1.82) is 0 Å². The third-order valence-corrected chi connectivity index (χ3v) is 4.47. The molecule has 1 saturated heterocycles. The first kappa shape index (κ1) is 12.3.